The van der Waals surface area contributed by atoms with E-state index in [1.165, 1.54) is 87.8 Å². The molecule has 12 nitrogen and oxygen atoms in total. The molecule has 2 aliphatic heterocycles. The number of unbranched alkanes of at least 4 members (excludes halogenated alkanes) is 14. The van der Waals surface area contributed by atoms with Crippen molar-refractivity contribution < 1.29 is 23.3 Å². The van der Waals surface area contributed by atoms with E-state index in [0.29, 0.717) is 12.8 Å². The molecule has 0 spiro atoms. The Hall–Kier alpha value is -2.57. The van der Waals surface area contributed by atoms with Crippen molar-refractivity contribution in [3.8, 4) is 11.8 Å². The summed E-state index contributed by atoms with van der Waals surface area (Å²) in [5.74, 6) is 5.61. The normalized spacial score (nSPS) is 21.1. The van der Waals surface area contributed by atoms with Gasteiger partial charge in [-0.15, -0.1) is 0 Å². The van der Waals surface area contributed by atoms with E-state index in [2.05, 4.69) is 66.3 Å². The molecule has 0 aliphatic carbocycles. The maximum Gasteiger partial charge on any atom is 0.330 e. The third-order valence-corrected chi connectivity index (χ3v) is 12.4. The molecule has 1 amide bonds. The van der Waals surface area contributed by atoms with E-state index in [9.17, 15) is 14.4 Å². The van der Waals surface area contributed by atoms with E-state index >= 15 is 0 Å². The van der Waals surface area contributed by atoms with Gasteiger partial charge in [0.05, 0.1) is 13.2 Å². The zero-order valence-corrected chi connectivity index (χ0v) is 34.9. The van der Waals surface area contributed by atoms with Crippen molar-refractivity contribution in [3.05, 3.63) is 44.0 Å². The van der Waals surface area contributed by atoms with Crippen LogP contribution >= 0.6 is 8.53 Å². The van der Waals surface area contributed by atoms with Crippen LogP contribution in [0.3, 0.4) is 0 Å². The summed E-state index contributed by atoms with van der Waals surface area (Å²) < 4.78 is 29.1. The Morgan fingerprint density at radius 2 is 1.61 bits per heavy atom. The number of aromatic nitrogens is 2. The lowest BCUT2D eigenvalue weighted by Crippen LogP contribution is -2.43. The summed E-state index contributed by atoms with van der Waals surface area (Å²) in [5.41, 5.74) is -2.01. The predicted molar refractivity (Wildman–Crippen MR) is 215 cm³/mol. The monoisotopic (exact) mass is 773 g/mol. The lowest BCUT2D eigenvalue weighted by Gasteiger charge is -2.38. The molecule has 0 saturated carbocycles. The van der Waals surface area contributed by atoms with Gasteiger partial charge in [-0.25, -0.2) is 16.0 Å². The number of hydrogen-bond acceptors (Lipinski definition) is 8. The van der Waals surface area contributed by atoms with Gasteiger partial charge in [0, 0.05) is 24.7 Å². The van der Waals surface area contributed by atoms with Crippen LogP contribution in [0.25, 0.3) is 4.85 Å². The van der Waals surface area contributed by atoms with Gasteiger partial charge in [-0.3, -0.25) is 19.1 Å². The van der Waals surface area contributed by atoms with Crippen molar-refractivity contribution in [2.45, 2.75) is 187 Å². The smallest absolute Gasteiger partial charge is 0.330 e. The Kier molecular flexibility index (Phi) is 21.1. The number of nitrogens with one attached hydrogen (secondary N) is 2. The molecule has 0 aromatic carbocycles. The second-order valence-corrected chi connectivity index (χ2v) is 16.6. The number of rotatable bonds is 27. The molecule has 2 bridgehead atoms. The summed E-state index contributed by atoms with van der Waals surface area (Å²) >= 11 is 0. The van der Waals surface area contributed by atoms with Crippen molar-refractivity contribution in [1.29, 1.82) is 0 Å². The van der Waals surface area contributed by atoms with Gasteiger partial charge in [-0.2, -0.15) is 0 Å². The first kappa shape index (κ1) is 45.8. The fraction of sp³-hybridized carbons (Fsp3) is 0.805. The van der Waals surface area contributed by atoms with Crippen LogP contribution in [0.2, 0.25) is 0 Å². The Labute approximate surface area is 325 Å². The van der Waals surface area contributed by atoms with E-state index in [1.54, 1.807) is 0 Å². The maximum absolute atomic E-state index is 13.1. The average Bonchev–Trinajstić information content (AvgIpc) is 3.63. The number of hydrogen-bond donors (Lipinski definition) is 2. The SMILES string of the molecule is [C-]#[N+]CCOP(O[C@@H]1C2OC[C@]1(CC)O[C@H]2n1cc(C#CCNC(=O)CCCCCCCCCCCCCCCCC)c(=O)[nH]c1=O)N(C(C)C)C(C)C. The molecule has 3 rings (SSSR count). The van der Waals surface area contributed by atoms with Crippen molar-refractivity contribution in [3.63, 3.8) is 0 Å². The van der Waals surface area contributed by atoms with Crippen molar-refractivity contribution in [2.24, 2.45) is 0 Å². The van der Waals surface area contributed by atoms with Gasteiger partial charge >= 0.3 is 5.69 Å². The molecule has 54 heavy (non-hydrogen) atoms. The van der Waals surface area contributed by atoms with Crippen LogP contribution in [0.4, 0.5) is 0 Å². The van der Waals surface area contributed by atoms with E-state index in [0.717, 1.165) is 19.3 Å². The molecule has 5 atom stereocenters. The van der Waals surface area contributed by atoms with Gasteiger partial charge < -0.3 is 28.7 Å². The van der Waals surface area contributed by atoms with Crippen molar-refractivity contribution >= 4 is 14.4 Å². The molecular formula is C41H68N5O7P. The first-order chi connectivity index (χ1) is 26.1. The van der Waals surface area contributed by atoms with Gasteiger partial charge in [0.2, 0.25) is 12.5 Å². The minimum Gasteiger partial charge on any atom is -0.368 e. The Morgan fingerprint density at radius 1 is 1.02 bits per heavy atom. The number of aromatic amines is 1. The molecule has 2 saturated heterocycles. The minimum atomic E-state index is -1.58. The van der Waals surface area contributed by atoms with E-state index in [-0.39, 0.29) is 49.9 Å². The van der Waals surface area contributed by atoms with Gasteiger partial charge in [0.25, 0.3) is 14.1 Å². The number of carbonyl (C=O) groups excluding carboxylic acids is 1. The fourth-order valence-corrected chi connectivity index (χ4v) is 9.08. The van der Waals surface area contributed by atoms with Crippen LogP contribution in [0.1, 0.15) is 162 Å². The maximum atomic E-state index is 13.1. The second-order valence-electron chi connectivity index (χ2n) is 15.2. The first-order valence-corrected chi connectivity index (χ1v) is 21.8. The highest BCUT2D eigenvalue weighted by Gasteiger charge is 2.63. The van der Waals surface area contributed by atoms with Gasteiger partial charge in [-0.05, 0) is 40.5 Å². The van der Waals surface area contributed by atoms with Crippen molar-refractivity contribution in [2.75, 3.05) is 26.3 Å². The summed E-state index contributed by atoms with van der Waals surface area (Å²) in [6.45, 7) is 20.5. The number of H-pyrrole nitrogens is 1. The molecule has 2 unspecified atom stereocenters. The molecule has 2 aliphatic rings. The van der Waals surface area contributed by atoms with Gasteiger partial charge in [-0.1, -0.05) is 116 Å². The molecule has 1 aromatic heterocycles. The van der Waals surface area contributed by atoms with Crippen LogP contribution in [0.5, 0.6) is 0 Å². The summed E-state index contributed by atoms with van der Waals surface area (Å²) in [6.07, 6.45) is 19.5. The highest BCUT2D eigenvalue weighted by Crippen LogP contribution is 2.55. The Morgan fingerprint density at radius 3 is 2.17 bits per heavy atom. The molecule has 2 fully saturated rings. The zero-order chi connectivity index (χ0) is 39.3. The summed E-state index contributed by atoms with van der Waals surface area (Å²) in [6, 6.07) is 0.222. The number of nitrogens with zero attached hydrogens (tertiary/aromatic N) is 3. The van der Waals surface area contributed by atoms with Crippen LogP contribution in [0, 0.1) is 18.4 Å². The van der Waals surface area contributed by atoms with Crippen LogP contribution in [-0.4, -0.2) is 76.3 Å². The number of ether oxygens (including phenoxy) is 2. The van der Waals surface area contributed by atoms with Gasteiger partial charge in [0.15, 0.2) is 6.23 Å². The topological polar surface area (TPSA) is 128 Å². The van der Waals surface area contributed by atoms with Crippen LogP contribution < -0.4 is 16.6 Å². The molecule has 13 heteroatoms. The van der Waals surface area contributed by atoms with E-state index in [1.807, 2.05) is 6.92 Å². The van der Waals surface area contributed by atoms with Gasteiger partial charge in [0.1, 0.15) is 30.0 Å². The lowest BCUT2D eigenvalue weighted by molar-refractivity contribution is -0.175. The Bertz CT molecular complexity index is 1470. The van der Waals surface area contributed by atoms with Crippen LogP contribution in [-0.2, 0) is 23.3 Å². The quantitative estimate of drug-likeness (QED) is 0.0399. The van der Waals surface area contributed by atoms with Crippen molar-refractivity contribution in [1.82, 2.24) is 19.5 Å². The van der Waals surface area contributed by atoms with E-state index < -0.39 is 43.8 Å². The zero-order valence-electron chi connectivity index (χ0n) is 34.0. The fourth-order valence-electron chi connectivity index (χ4n) is 7.28. The Balaban J connectivity index is 1.47. The predicted octanol–water partition coefficient (Wildman–Crippen LogP) is 8.01. The molecular weight excluding hydrogens is 705 g/mol. The van der Waals surface area contributed by atoms with Crippen LogP contribution in [0.15, 0.2) is 15.8 Å². The summed E-state index contributed by atoms with van der Waals surface area (Å²) in [4.78, 5) is 44.0. The summed E-state index contributed by atoms with van der Waals surface area (Å²) in [5, 5.41) is 2.82. The highest BCUT2D eigenvalue weighted by molar-refractivity contribution is 7.44. The number of fused-ring (bicyclic) bond motifs is 2. The minimum absolute atomic E-state index is 0.0622. The van der Waals surface area contributed by atoms with E-state index in [4.69, 9.17) is 25.1 Å². The standard InChI is InChI=1S/C41H68N5O7P/c1-8-10-11-12-13-14-15-16-17-18-19-20-21-22-23-26-35(47)43-27-24-25-34-30-45(40(49)44-38(34)48)39-36-37(41(9-2,52-39)31-50-36)53-54(51-29-28-42-7)46(32(3)4)33(5)6/h30,32-33,36-37,39H,8-23,26-29,31H2,1-6H3,(H,43,47)(H,44,48,49)/t36?,37-,39-,41+,54?/m1/s1. The molecule has 2 N–H and O–H groups in total. The highest BCUT2D eigenvalue weighted by atomic mass is 31.2. The number of amides is 1. The third kappa shape index (κ3) is 14.2. The summed E-state index contributed by atoms with van der Waals surface area (Å²) in [7, 11) is -1.58. The first-order valence-electron chi connectivity index (χ1n) is 20.7. The average molecular weight is 774 g/mol. The third-order valence-electron chi connectivity index (χ3n) is 10.3. The molecule has 304 valence electrons. The largest absolute Gasteiger partial charge is 0.368 e. The molecule has 3 heterocycles. The number of carbonyl (C=O) groups is 1. The molecule has 1 aromatic rings. The molecule has 0 radical (unpaired) electrons. The second kappa shape index (κ2) is 24.8. The lowest BCUT2D eigenvalue weighted by atomic mass is 9.96.